The lowest BCUT2D eigenvalue weighted by Crippen LogP contribution is -2.11. The van der Waals surface area contributed by atoms with E-state index < -0.39 is 15.7 Å². The fraction of sp³-hybridized carbons (Fsp3) is 0.250. The molecule has 0 atom stereocenters. The lowest BCUT2D eigenvalue weighted by Gasteiger charge is -2.08. The summed E-state index contributed by atoms with van der Waals surface area (Å²) in [5.74, 6) is 0.00557. The van der Waals surface area contributed by atoms with Crippen molar-refractivity contribution < 1.29 is 17.0 Å². The highest BCUT2D eigenvalue weighted by atomic mass is 35.5. The maximum atomic E-state index is 12.3. The molecule has 7 nitrogen and oxygen atoms in total. The SMILES string of the molecule is CCCc1cc(=O)oc2cc(OS(=O)(=O)c3ncn(C)c3Cl)ccc12. The van der Waals surface area contributed by atoms with Gasteiger partial charge in [0, 0.05) is 24.6 Å². The van der Waals surface area contributed by atoms with Crippen LogP contribution in [0.2, 0.25) is 5.15 Å². The summed E-state index contributed by atoms with van der Waals surface area (Å²) in [7, 11) is -2.64. The smallest absolute Gasteiger partial charge is 0.360 e. The van der Waals surface area contributed by atoms with Gasteiger partial charge in [-0.1, -0.05) is 24.9 Å². The first-order valence-corrected chi connectivity index (χ1v) is 9.28. The summed E-state index contributed by atoms with van der Waals surface area (Å²) in [6.45, 7) is 2.00. The third kappa shape index (κ3) is 3.40. The normalized spacial score (nSPS) is 11.8. The van der Waals surface area contributed by atoms with E-state index in [4.69, 9.17) is 20.2 Å². The molecule has 9 heteroatoms. The molecule has 0 aliphatic carbocycles. The summed E-state index contributed by atoms with van der Waals surface area (Å²) < 4.78 is 36.3. The van der Waals surface area contributed by atoms with Crippen LogP contribution in [0.4, 0.5) is 0 Å². The first-order valence-electron chi connectivity index (χ1n) is 7.50. The van der Waals surface area contributed by atoms with E-state index >= 15 is 0 Å². The second kappa shape index (κ2) is 6.53. The molecule has 0 saturated heterocycles. The van der Waals surface area contributed by atoms with Gasteiger partial charge in [-0.3, -0.25) is 0 Å². The van der Waals surface area contributed by atoms with Crippen molar-refractivity contribution >= 4 is 32.7 Å². The molecule has 25 heavy (non-hydrogen) atoms. The highest BCUT2D eigenvalue weighted by molar-refractivity contribution is 7.87. The second-order valence-electron chi connectivity index (χ2n) is 5.49. The molecule has 0 aliphatic heterocycles. The predicted octanol–water partition coefficient (Wildman–Crippen LogP) is 2.90. The molecule has 0 unspecified atom stereocenters. The summed E-state index contributed by atoms with van der Waals surface area (Å²) in [4.78, 5) is 15.4. The largest absolute Gasteiger partial charge is 0.423 e. The molecular formula is C16H15ClN2O5S. The van der Waals surface area contributed by atoms with Gasteiger partial charge in [-0.2, -0.15) is 8.42 Å². The van der Waals surface area contributed by atoms with Crippen LogP contribution in [0, 0.1) is 0 Å². The molecule has 132 valence electrons. The van der Waals surface area contributed by atoms with Gasteiger partial charge in [-0.05, 0) is 24.1 Å². The topological polar surface area (TPSA) is 91.4 Å². The molecular weight excluding hydrogens is 368 g/mol. The number of aryl methyl sites for hydroxylation is 2. The minimum Gasteiger partial charge on any atom is -0.423 e. The molecule has 0 fully saturated rings. The van der Waals surface area contributed by atoms with Gasteiger partial charge in [0.05, 0.1) is 6.33 Å². The monoisotopic (exact) mass is 382 g/mol. The van der Waals surface area contributed by atoms with Crippen molar-refractivity contribution in [3.05, 3.63) is 51.7 Å². The van der Waals surface area contributed by atoms with Crippen molar-refractivity contribution in [2.75, 3.05) is 0 Å². The zero-order chi connectivity index (χ0) is 18.2. The summed E-state index contributed by atoms with van der Waals surface area (Å²) in [5.41, 5.74) is 0.607. The number of imidazole rings is 1. The molecule has 0 saturated carbocycles. The average molecular weight is 383 g/mol. The Kier molecular flexibility index (Phi) is 4.57. The van der Waals surface area contributed by atoms with Crippen LogP contribution in [0.1, 0.15) is 18.9 Å². The summed E-state index contributed by atoms with van der Waals surface area (Å²) >= 11 is 5.91. The van der Waals surface area contributed by atoms with Crippen LogP contribution >= 0.6 is 11.6 Å². The zero-order valence-electron chi connectivity index (χ0n) is 13.5. The minimum atomic E-state index is -4.21. The van der Waals surface area contributed by atoms with Gasteiger partial charge in [0.15, 0.2) is 5.15 Å². The standard InChI is InChI=1S/C16H15ClN2O5S/c1-3-4-10-7-14(20)23-13-8-11(5-6-12(10)13)24-25(21,22)16-15(17)19(2)9-18-16/h5-9H,3-4H2,1-2H3. The lowest BCUT2D eigenvalue weighted by atomic mass is 10.1. The summed E-state index contributed by atoms with van der Waals surface area (Å²) in [5, 5.41) is 0.303. The van der Waals surface area contributed by atoms with Crippen molar-refractivity contribution in [2.45, 2.75) is 24.8 Å². The number of hydrogen-bond donors (Lipinski definition) is 0. The van der Waals surface area contributed by atoms with Gasteiger partial charge in [0.1, 0.15) is 11.3 Å². The van der Waals surface area contributed by atoms with Crippen molar-refractivity contribution in [3.63, 3.8) is 0 Å². The number of nitrogens with zero attached hydrogens (tertiary/aromatic N) is 2. The molecule has 1 aromatic carbocycles. The Hall–Kier alpha value is -2.32. The van der Waals surface area contributed by atoms with Crippen LogP contribution in [0.5, 0.6) is 5.75 Å². The molecule has 0 radical (unpaired) electrons. The summed E-state index contributed by atoms with van der Waals surface area (Å²) in [6.07, 6.45) is 2.85. The Bertz CT molecular complexity index is 1100. The Labute approximate surface area is 148 Å². The quantitative estimate of drug-likeness (QED) is 0.497. The molecule has 0 aliphatic rings. The van der Waals surface area contributed by atoms with E-state index in [1.807, 2.05) is 6.92 Å². The lowest BCUT2D eigenvalue weighted by molar-refractivity contribution is 0.482. The zero-order valence-corrected chi connectivity index (χ0v) is 15.1. The number of aromatic nitrogens is 2. The van der Waals surface area contributed by atoms with Crippen molar-refractivity contribution in [3.8, 4) is 5.75 Å². The number of rotatable bonds is 5. The van der Waals surface area contributed by atoms with Gasteiger partial charge in [-0.25, -0.2) is 9.78 Å². The number of hydrogen-bond acceptors (Lipinski definition) is 6. The Balaban J connectivity index is 2.02. The second-order valence-corrected chi connectivity index (χ2v) is 7.31. The molecule has 2 aromatic heterocycles. The Morgan fingerprint density at radius 3 is 2.72 bits per heavy atom. The van der Waals surface area contributed by atoms with Gasteiger partial charge < -0.3 is 13.2 Å². The number of fused-ring (bicyclic) bond motifs is 1. The maximum Gasteiger partial charge on any atom is 0.360 e. The molecule has 0 spiro atoms. The van der Waals surface area contributed by atoms with Gasteiger partial charge >= 0.3 is 15.7 Å². The summed E-state index contributed by atoms with van der Waals surface area (Å²) in [6, 6.07) is 5.96. The van der Waals surface area contributed by atoms with Gasteiger partial charge in [-0.15, -0.1) is 0 Å². The van der Waals surface area contributed by atoms with Gasteiger partial charge in [0.2, 0.25) is 5.03 Å². The third-order valence-corrected chi connectivity index (χ3v) is 5.34. The highest BCUT2D eigenvalue weighted by Gasteiger charge is 2.25. The van der Waals surface area contributed by atoms with E-state index in [9.17, 15) is 13.2 Å². The molecule has 0 N–H and O–H groups in total. The predicted molar refractivity (Wildman–Crippen MR) is 92.5 cm³/mol. The fourth-order valence-electron chi connectivity index (χ4n) is 2.47. The third-order valence-electron chi connectivity index (χ3n) is 3.60. The number of halogens is 1. The van der Waals surface area contributed by atoms with E-state index in [0.717, 1.165) is 17.4 Å². The number of benzene rings is 1. The Morgan fingerprint density at radius 2 is 2.08 bits per heavy atom. The molecule has 3 aromatic rings. The van der Waals surface area contributed by atoms with Gasteiger partial charge in [0.25, 0.3) is 0 Å². The highest BCUT2D eigenvalue weighted by Crippen LogP contribution is 2.27. The van der Waals surface area contributed by atoms with Crippen LogP contribution < -0.4 is 9.81 Å². The maximum absolute atomic E-state index is 12.3. The van der Waals surface area contributed by atoms with Crippen LogP contribution in [-0.2, 0) is 23.6 Å². The van der Waals surface area contributed by atoms with E-state index in [2.05, 4.69) is 4.98 Å². The van der Waals surface area contributed by atoms with E-state index in [-0.39, 0.29) is 21.5 Å². The van der Waals surface area contributed by atoms with E-state index in [0.29, 0.717) is 6.42 Å². The van der Waals surface area contributed by atoms with Crippen molar-refractivity contribution in [2.24, 2.45) is 7.05 Å². The fourth-order valence-corrected chi connectivity index (χ4v) is 3.80. The van der Waals surface area contributed by atoms with E-state index in [1.54, 1.807) is 13.1 Å². The average Bonchev–Trinajstić information content (AvgIpc) is 2.87. The van der Waals surface area contributed by atoms with E-state index in [1.165, 1.54) is 29.1 Å². The van der Waals surface area contributed by atoms with Crippen molar-refractivity contribution in [1.82, 2.24) is 9.55 Å². The molecule has 0 amide bonds. The minimum absolute atomic E-state index is 0.00557. The van der Waals surface area contributed by atoms with Crippen LogP contribution in [0.3, 0.4) is 0 Å². The molecule has 2 heterocycles. The Morgan fingerprint density at radius 1 is 1.32 bits per heavy atom. The first-order chi connectivity index (χ1) is 11.8. The van der Waals surface area contributed by atoms with Crippen molar-refractivity contribution in [1.29, 1.82) is 0 Å². The first kappa shape index (κ1) is 17.5. The van der Waals surface area contributed by atoms with Crippen LogP contribution in [-0.4, -0.2) is 18.0 Å². The molecule has 0 bridgehead atoms. The van der Waals surface area contributed by atoms with Crippen LogP contribution in [0.15, 0.2) is 44.8 Å². The van der Waals surface area contributed by atoms with Crippen LogP contribution in [0.25, 0.3) is 11.0 Å². The molecule has 3 rings (SSSR count).